The van der Waals surface area contributed by atoms with E-state index in [1.807, 2.05) is 0 Å². The maximum atomic E-state index is 3.81. The first kappa shape index (κ1) is 31.7. The van der Waals surface area contributed by atoms with Crippen molar-refractivity contribution in [2.24, 2.45) is 0 Å². The second-order valence-electron chi connectivity index (χ2n) is 12.7. The van der Waals surface area contributed by atoms with Crippen molar-refractivity contribution in [2.45, 2.75) is 53.4 Å². The summed E-state index contributed by atoms with van der Waals surface area (Å²) in [6.45, 7) is 9.08. The molecule has 0 saturated carbocycles. The molecule has 0 amide bonds. The van der Waals surface area contributed by atoms with Crippen molar-refractivity contribution in [3.8, 4) is 22.9 Å². The topological polar surface area (TPSA) is 0 Å². The van der Waals surface area contributed by atoms with E-state index in [0.29, 0.717) is 0 Å². The first-order valence-corrected chi connectivity index (χ1v) is 20.4. The minimum Gasteiger partial charge on any atom is -0.129 e. The molecule has 7 aromatic carbocycles. The molecule has 0 heterocycles. The van der Waals surface area contributed by atoms with Gasteiger partial charge in [0.15, 0.2) is 0 Å². The third-order valence-electron chi connectivity index (χ3n) is 10.0. The van der Waals surface area contributed by atoms with Gasteiger partial charge in [-0.2, -0.15) is 0 Å². The van der Waals surface area contributed by atoms with Crippen LogP contribution in [-0.4, -0.2) is 19.0 Å². The fourth-order valence-electron chi connectivity index (χ4n) is 7.60. The van der Waals surface area contributed by atoms with E-state index in [2.05, 4.69) is 160 Å². The van der Waals surface area contributed by atoms with Gasteiger partial charge in [0.1, 0.15) is 19.0 Å². The summed E-state index contributed by atoms with van der Waals surface area (Å²) in [5, 5.41) is 12.8. The predicted octanol–water partition coefficient (Wildman–Crippen LogP) is 8.16. The van der Waals surface area contributed by atoms with Gasteiger partial charge in [0.05, 0.1) is 0 Å². The highest BCUT2D eigenvalue weighted by molar-refractivity contribution is 6.63. The Bertz CT molecular complexity index is 2190. The van der Waals surface area contributed by atoms with Gasteiger partial charge < -0.3 is 0 Å². The molecule has 0 saturated heterocycles. The van der Waals surface area contributed by atoms with Crippen molar-refractivity contribution >= 4 is 72.5 Å². The van der Waals surface area contributed by atoms with E-state index in [1.165, 1.54) is 75.7 Å². The Labute approximate surface area is 290 Å². The molecule has 0 aliphatic heterocycles. The van der Waals surface area contributed by atoms with Gasteiger partial charge in [-0.3, -0.25) is 0 Å². The Hall–Kier alpha value is -4.87. The van der Waals surface area contributed by atoms with Crippen molar-refractivity contribution in [1.29, 1.82) is 0 Å². The molecule has 0 radical (unpaired) electrons. The van der Waals surface area contributed by atoms with Gasteiger partial charge in [-0.15, -0.1) is 11.1 Å². The molecular formula is C46H42Si2. The highest BCUT2D eigenvalue weighted by Crippen LogP contribution is 2.37. The molecule has 0 aromatic heterocycles. The Balaban J connectivity index is 1.48. The van der Waals surface area contributed by atoms with E-state index >= 15 is 0 Å². The monoisotopic (exact) mass is 650 g/mol. The molecule has 7 rings (SSSR count). The van der Waals surface area contributed by atoms with Crippen LogP contribution in [0.4, 0.5) is 0 Å². The third-order valence-corrected chi connectivity index (χ3v) is 12.8. The van der Waals surface area contributed by atoms with E-state index in [1.54, 1.807) is 0 Å². The summed E-state index contributed by atoms with van der Waals surface area (Å²) in [7, 11) is -1.58. The molecule has 234 valence electrons. The van der Waals surface area contributed by atoms with Crippen LogP contribution >= 0.6 is 0 Å². The normalized spacial score (nSPS) is 11.6. The first-order valence-electron chi connectivity index (χ1n) is 17.6. The summed E-state index contributed by atoms with van der Waals surface area (Å²) in [6, 6.07) is 40.5. The summed E-state index contributed by atoms with van der Waals surface area (Å²) >= 11 is 0. The van der Waals surface area contributed by atoms with Crippen LogP contribution in [0.1, 0.15) is 61.1 Å². The van der Waals surface area contributed by atoms with E-state index < -0.39 is 19.0 Å². The molecule has 48 heavy (non-hydrogen) atoms. The van der Waals surface area contributed by atoms with Crippen LogP contribution in [0, 0.1) is 22.9 Å². The molecule has 0 aliphatic carbocycles. The van der Waals surface area contributed by atoms with Crippen LogP contribution in [0.2, 0.25) is 0 Å². The average molecular weight is 651 g/mol. The van der Waals surface area contributed by atoms with E-state index in [4.69, 9.17) is 0 Å². The second-order valence-corrected chi connectivity index (χ2v) is 15.7. The number of benzene rings is 7. The van der Waals surface area contributed by atoms with Gasteiger partial charge in [-0.25, -0.2) is 0 Å². The molecule has 0 bridgehead atoms. The Morgan fingerprint density at radius 3 is 1.08 bits per heavy atom. The summed E-state index contributed by atoms with van der Waals surface area (Å²) < 4.78 is 0. The molecule has 0 unspecified atom stereocenters. The lowest BCUT2D eigenvalue weighted by atomic mass is 9.89. The molecule has 0 N–H and O–H groups in total. The van der Waals surface area contributed by atoms with Gasteiger partial charge in [0, 0.05) is 11.1 Å². The van der Waals surface area contributed by atoms with Crippen molar-refractivity contribution in [3.63, 3.8) is 0 Å². The van der Waals surface area contributed by atoms with Crippen molar-refractivity contribution in [2.75, 3.05) is 0 Å². The van der Waals surface area contributed by atoms with Gasteiger partial charge >= 0.3 is 0 Å². The van der Waals surface area contributed by atoms with Crippen LogP contribution in [-0.2, 0) is 25.7 Å². The minimum absolute atomic E-state index is 0.789. The zero-order valence-corrected chi connectivity index (χ0v) is 31.5. The molecule has 0 spiro atoms. The molecule has 7 aromatic rings. The van der Waals surface area contributed by atoms with Gasteiger partial charge in [0.25, 0.3) is 0 Å². The van der Waals surface area contributed by atoms with Crippen LogP contribution in [0.15, 0.2) is 109 Å². The minimum atomic E-state index is -0.789. The highest BCUT2D eigenvalue weighted by Gasteiger charge is 2.15. The molecule has 0 nitrogen and oxygen atoms in total. The maximum Gasteiger partial charge on any atom is 0.138 e. The Morgan fingerprint density at radius 2 is 0.771 bits per heavy atom. The zero-order valence-electron chi connectivity index (χ0n) is 28.6. The van der Waals surface area contributed by atoms with E-state index in [-0.39, 0.29) is 0 Å². The van der Waals surface area contributed by atoms with Crippen LogP contribution in [0.5, 0.6) is 0 Å². The lowest BCUT2D eigenvalue weighted by Gasteiger charge is -2.14. The number of rotatable bonds is 6. The van der Waals surface area contributed by atoms with E-state index in [9.17, 15) is 0 Å². The summed E-state index contributed by atoms with van der Waals surface area (Å²) in [6.07, 6.45) is 4.28. The summed E-state index contributed by atoms with van der Waals surface area (Å²) in [5.74, 6) is 7.61. The van der Waals surface area contributed by atoms with Gasteiger partial charge in [-0.05, 0) is 126 Å². The number of hydrogen-bond acceptors (Lipinski definition) is 0. The SMILES string of the molecule is CCc1cccc([SiH2]C#Cc2c3cc4ccccc4cc3c(C#C[SiH2]c3cccc(CC)c3CC)c3cc4ccccc4cc23)c1CC. The fourth-order valence-corrected chi connectivity index (χ4v) is 10.4. The fraction of sp³-hybridized carbons (Fsp3) is 0.174. The summed E-state index contributed by atoms with van der Waals surface area (Å²) in [4.78, 5) is 0. The van der Waals surface area contributed by atoms with Crippen molar-refractivity contribution in [1.82, 2.24) is 0 Å². The largest absolute Gasteiger partial charge is 0.138 e. The lowest BCUT2D eigenvalue weighted by molar-refractivity contribution is 1.05. The lowest BCUT2D eigenvalue weighted by Crippen LogP contribution is -2.19. The second kappa shape index (κ2) is 14.1. The highest BCUT2D eigenvalue weighted by atomic mass is 28.2. The number of aryl methyl sites for hydroxylation is 2. The quantitative estimate of drug-likeness (QED) is 0.0968. The van der Waals surface area contributed by atoms with Gasteiger partial charge in [-0.1, -0.05) is 124 Å². The number of fused-ring (bicyclic) bond motifs is 4. The van der Waals surface area contributed by atoms with E-state index in [0.717, 1.165) is 36.8 Å². The predicted molar refractivity (Wildman–Crippen MR) is 217 cm³/mol. The molecule has 2 heteroatoms. The van der Waals surface area contributed by atoms with Gasteiger partial charge in [0.2, 0.25) is 0 Å². The zero-order chi connectivity index (χ0) is 33.0. The smallest absolute Gasteiger partial charge is 0.129 e. The summed E-state index contributed by atoms with van der Waals surface area (Å²) in [5.41, 5.74) is 15.8. The van der Waals surface area contributed by atoms with Crippen molar-refractivity contribution in [3.05, 3.63) is 143 Å². The third kappa shape index (κ3) is 5.99. The molecular weight excluding hydrogens is 609 g/mol. The van der Waals surface area contributed by atoms with Crippen LogP contribution in [0.3, 0.4) is 0 Å². The maximum absolute atomic E-state index is 3.81. The molecule has 0 aliphatic rings. The standard InChI is InChI=1S/C46H42Si2/c1-5-31-19-13-21-45(37(31)7-3)47-25-23-39-41-27-33-15-9-11-17-35(33)29-43(41)40(44-30-36-18-12-10-16-34(36)28-42(39)44)24-26-48-46-22-14-20-32(6-2)38(46)8-4/h9-22,27-30H,5-8,47-48H2,1-4H3. The van der Waals surface area contributed by atoms with Crippen LogP contribution in [0.25, 0.3) is 43.1 Å². The van der Waals surface area contributed by atoms with Crippen LogP contribution < -0.4 is 10.4 Å². The first-order chi connectivity index (χ1) is 23.6. The van der Waals surface area contributed by atoms with Crippen molar-refractivity contribution < 1.29 is 0 Å². The molecule has 0 fully saturated rings. The average Bonchev–Trinajstić information content (AvgIpc) is 3.13. The Morgan fingerprint density at radius 1 is 0.417 bits per heavy atom. The number of hydrogen-bond donors (Lipinski definition) is 0. The molecule has 0 atom stereocenters. The Kier molecular flexibility index (Phi) is 9.31.